The molecule has 1 rings (SSSR count). The van der Waals surface area contributed by atoms with Gasteiger partial charge in [0.1, 0.15) is 6.61 Å². The van der Waals surface area contributed by atoms with Gasteiger partial charge < -0.3 is 18.6 Å². The van der Waals surface area contributed by atoms with Crippen molar-refractivity contribution in [2.75, 3.05) is 0 Å². The number of phosphoric acid groups is 1. The van der Waals surface area contributed by atoms with Crippen molar-refractivity contribution in [2.45, 2.75) is 26.4 Å². The summed E-state index contributed by atoms with van der Waals surface area (Å²) in [6, 6.07) is 0. The van der Waals surface area contributed by atoms with Crippen LogP contribution in [0.4, 0.5) is 0 Å². The highest BCUT2D eigenvalue weighted by Gasteiger charge is 2.19. The van der Waals surface area contributed by atoms with Gasteiger partial charge in [-0.1, -0.05) is 6.92 Å². The fourth-order valence-corrected chi connectivity index (χ4v) is 1.29. The molecule has 0 amide bonds. The average Bonchev–Trinajstić information content (AvgIpc) is 2.42. The van der Waals surface area contributed by atoms with Gasteiger partial charge in [-0.2, -0.15) is 0 Å². The van der Waals surface area contributed by atoms with Crippen molar-refractivity contribution in [1.29, 1.82) is 0 Å². The molecular formula is C7H11O7P. The topological polar surface area (TPSA) is 110 Å². The molecule has 0 unspecified atom stereocenters. The molecule has 7 nitrogen and oxygen atoms in total. The van der Waals surface area contributed by atoms with Crippen molar-refractivity contribution in [1.82, 2.24) is 0 Å². The van der Waals surface area contributed by atoms with Crippen LogP contribution in [0.2, 0.25) is 0 Å². The summed E-state index contributed by atoms with van der Waals surface area (Å²) in [6.07, 6.45) is 1.16. The summed E-state index contributed by atoms with van der Waals surface area (Å²) in [5, 5.41) is 0. The number of rotatable bonds is 5. The second kappa shape index (κ2) is 4.76. The zero-order chi connectivity index (χ0) is 11.5. The summed E-state index contributed by atoms with van der Waals surface area (Å²) in [7, 11) is -4.56. The first-order chi connectivity index (χ1) is 6.92. The van der Waals surface area contributed by atoms with Gasteiger partial charge in [0.25, 0.3) is 0 Å². The van der Waals surface area contributed by atoms with E-state index in [1.54, 1.807) is 0 Å². The molecule has 0 bridgehead atoms. The summed E-state index contributed by atoms with van der Waals surface area (Å²) in [4.78, 5) is 27.6. The van der Waals surface area contributed by atoms with E-state index in [1.807, 2.05) is 6.92 Å². The van der Waals surface area contributed by atoms with Crippen LogP contribution in [0.25, 0.3) is 0 Å². The van der Waals surface area contributed by atoms with Gasteiger partial charge in [-0.15, -0.1) is 0 Å². The SMILES string of the molecule is CCCc1oc(=O)oc1COP(=O)(O)O. The van der Waals surface area contributed by atoms with E-state index >= 15 is 0 Å². The Kier molecular flexibility index (Phi) is 3.87. The highest BCUT2D eigenvalue weighted by atomic mass is 31.2. The summed E-state index contributed by atoms with van der Waals surface area (Å²) in [5.74, 6) is -0.621. The van der Waals surface area contributed by atoms with Crippen LogP contribution < -0.4 is 5.82 Å². The molecule has 1 heterocycles. The van der Waals surface area contributed by atoms with E-state index in [4.69, 9.17) is 9.79 Å². The van der Waals surface area contributed by atoms with Crippen molar-refractivity contribution in [2.24, 2.45) is 0 Å². The smallest absolute Gasteiger partial charge is 0.396 e. The predicted molar refractivity (Wildman–Crippen MR) is 48.1 cm³/mol. The molecule has 0 saturated heterocycles. The Bertz CT molecular complexity index is 411. The number of hydrogen-bond donors (Lipinski definition) is 2. The largest absolute Gasteiger partial charge is 0.519 e. The van der Waals surface area contributed by atoms with Gasteiger partial charge in [0.2, 0.25) is 0 Å². The minimum Gasteiger partial charge on any atom is -0.396 e. The normalized spacial score (nSPS) is 11.9. The lowest BCUT2D eigenvalue weighted by molar-refractivity contribution is 0.173. The summed E-state index contributed by atoms with van der Waals surface area (Å²) in [6.45, 7) is 1.38. The lowest BCUT2D eigenvalue weighted by atomic mass is 10.2. The van der Waals surface area contributed by atoms with Gasteiger partial charge in [0.15, 0.2) is 11.5 Å². The van der Waals surface area contributed by atoms with Gasteiger partial charge >= 0.3 is 13.6 Å². The molecule has 15 heavy (non-hydrogen) atoms. The minimum absolute atomic E-state index is 0.0187. The first kappa shape index (κ1) is 12.2. The Morgan fingerprint density at radius 1 is 1.33 bits per heavy atom. The third-order valence-corrected chi connectivity index (χ3v) is 2.03. The lowest BCUT2D eigenvalue weighted by Crippen LogP contribution is -1.93. The van der Waals surface area contributed by atoms with Crippen LogP contribution in [-0.2, 0) is 22.1 Å². The van der Waals surface area contributed by atoms with Crippen LogP contribution in [0, 0.1) is 0 Å². The quantitative estimate of drug-likeness (QED) is 0.729. The monoisotopic (exact) mass is 238 g/mol. The van der Waals surface area contributed by atoms with Crippen molar-refractivity contribution >= 4 is 7.82 Å². The Labute approximate surface area is 84.9 Å². The second-order valence-corrected chi connectivity index (χ2v) is 4.05. The maximum Gasteiger partial charge on any atom is 0.519 e. The molecule has 0 aliphatic rings. The fourth-order valence-electron chi connectivity index (χ4n) is 1.01. The summed E-state index contributed by atoms with van der Waals surface area (Å²) in [5.41, 5.74) is 0. The summed E-state index contributed by atoms with van der Waals surface area (Å²) >= 11 is 0. The van der Waals surface area contributed by atoms with Crippen molar-refractivity contribution in [3.63, 3.8) is 0 Å². The molecule has 0 aliphatic carbocycles. The number of aryl methyl sites for hydroxylation is 1. The molecule has 8 heteroatoms. The van der Waals surface area contributed by atoms with Crippen molar-refractivity contribution in [3.05, 3.63) is 22.1 Å². The predicted octanol–water partition coefficient (Wildman–Crippen LogP) is 0.795. The molecule has 0 aliphatic heterocycles. The highest BCUT2D eigenvalue weighted by Crippen LogP contribution is 2.37. The molecule has 2 N–H and O–H groups in total. The Morgan fingerprint density at radius 2 is 1.93 bits per heavy atom. The van der Waals surface area contributed by atoms with Gasteiger partial charge in [0.05, 0.1) is 0 Å². The van der Waals surface area contributed by atoms with Crippen LogP contribution in [0.15, 0.2) is 13.6 Å². The zero-order valence-corrected chi connectivity index (χ0v) is 8.90. The lowest BCUT2D eigenvalue weighted by Gasteiger charge is -2.02. The third-order valence-electron chi connectivity index (χ3n) is 1.56. The van der Waals surface area contributed by atoms with E-state index in [2.05, 4.69) is 13.4 Å². The molecule has 0 radical (unpaired) electrons. The molecule has 86 valence electrons. The maximum absolute atomic E-state index is 10.7. The van der Waals surface area contributed by atoms with Crippen molar-refractivity contribution < 1.29 is 27.7 Å². The van der Waals surface area contributed by atoms with E-state index in [1.165, 1.54) is 0 Å². The molecule has 0 aromatic carbocycles. The van der Waals surface area contributed by atoms with Crippen LogP contribution >= 0.6 is 7.82 Å². The molecule has 0 fully saturated rings. The van der Waals surface area contributed by atoms with Gasteiger partial charge in [0, 0.05) is 6.42 Å². The van der Waals surface area contributed by atoms with Crippen molar-refractivity contribution in [3.8, 4) is 0 Å². The third kappa shape index (κ3) is 4.01. The number of phosphoric ester groups is 1. The molecule has 1 aromatic heterocycles. The Hall–Kier alpha value is -0.880. The van der Waals surface area contributed by atoms with Crippen LogP contribution in [0.1, 0.15) is 24.9 Å². The number of hydrogen-bond acceptors (Lipinski definition) is 5. The minimum atomic E-state index is -4.56. The van der Waals surface area contributed by atoms with E-state index in [-0.39, 0.29) is 11.5 Å². The van der Waals surface area contributed by atoms with Crippen LogP contribution in [0.5, 0.6) is 0 Å². The first-order valence-corrected chi connectivity index (χ1v) is 5.77. The van der Waals surface area contributed by atoms with Gasteiger partial charge in [-0.25, -0.2) is 9.36 Å². The molecule has 0 atom stereocenters. The van der Waals surface area contributed by atoms with Crippen LogP contribution in [-0.4, -0.2) is 9.79 Å². The maximum atomic E-state index is 10.7. The molecule has 1 aromatic rings. The highest BCUT2D eigenvalue weighted by molar-refractivity contribution is 7.46. The standard InChI is InChI=1S/C7H11O7P/c1-2-3-5-6(14-7(8)13-5)4-12-15(9,10)11/h2-4H2,1H3,(H2,9,10,11). The molecule has 0 saturated carbocycles. The van der Waals surface area contributed by atoms with Crippen LogP contribution in [0.3, 0.4) is 0 Å². The fraction of sp³-hybridized carbons (Fsp3) is 0.571. The Morgan fingerprint density at radius 3 is 2.47 bits per heavy atom. The van der Waals surface area contributed by atoms with E-state index < -0.39 is 20.3 Å². The first-order valence-electron chi connectivity index (χ1n) is 4.24. The zero-order valence-electron chi connectivity index (χ0n) is 8.00. The Balaban J connectivity index is 2.75. The van der Waals surface area contributed by atoms with E-state index in [9.17, 15) is 9.36 Å². The molecular weight excluding hydrogens is 227 g/mol. The average molecular weight is 238 g/mol. The van der Waals surface area contributed by atoms with Gasteiger partial charge in [-0.05, 0) is 6.42 Å². The second-order valence-electron chi connectivity index (χ2n) is 2.81. The van der Waals surface area contributed by atoms with E-state index in [0.29, 0.717) is 12.8 Å². The molecule has 0 spiro atoms. The summed E-state index contributed by atoms with van der Waals surface area (Å²) < 4.78 is 23.8. The van der Waals surface area contributed by atoms with E-state index in [0.717, 1.165) is 0 Å². The van der Waals surface area contributed by atoms with Gasteiger partial charge in [-0.3, -0.25) is 4.52 Å².